The third-order valence-electron chi connectivity index (χ3n) is 3.29. The predicted octanol–water partition coefficient (Wildman–Crippen LogP) is 0.0694. The van der Waals surface area contributed by atoms with E-state index in [4.69, 9.17) is 15.6 Å². The molecule has 0 unspecified atom stereocenters. The molecule has 0 aliphatic carbocycles. The molecule has 0 atom stereocenters. The molecule has 0 radical (unpaired) electrons. The molecule has 0 bridgehead atoms. The Bertz CT molecular complexity index is 602. The van der Waals surface area contributed by atoms with Gasteiger partial charge in [-0.05, 0) is 13.8 Å². The lowest BCUT2D eigenvalue weighted by molar-refractivity contribution is 0.0446. The predicted molar refractivity (Wildman–Crippen MR) is 73.0 cm³/mol. The van der Waals surface area contributed by atoms with E-state index in [0.29, 0.717) is 18.7 Å². The molecule has 1 aliphatic rings. The summed E-state index contributed by atoms with van der Waals surface area (Å²) < 4.78 is 4.93. The van der Waals surface area contributed by atoms with E-state index in [-0.39, 0.29) is 17.4 Å². The lowest BCUT2D eigenvalue weighted by Gasteiger charge is -2.40. The molecule has 0 aromatic carbocycles. The number of nitrogens with zero attached hydrogens (tertiary/aromatic N) is 3. The van der Waals surface area contributed by atoms with Gasteiger partial charge in [0.1, 0.15) is 17.0 Å². The molecule has 0 spiro atoms. The number of anilines is 1. The molecule has 4 N–H and O–H groups in total. The zero-order valence-corrected chi connectivity index (χ0v) is 12.0. The fourth-order valence-electron chi connectivity index (χ4n) is 2.33. The third kappa shape index (κ3) is 2.67. The van der Waals surface area contributed by atoms with Gasteiger partial charge >= 0.3 is 12.1 Å². The second-order valence-electron chi connectivity index (χ2n) is 5.11. The molecule has 2 heterocycles. The number of nitrogens with one attached hydrogen (secondary N) is 1. The van der Waals surface area contributed by atoms with E-state index in [9.17, 15) is 9.59 Å². The highest BCUT2D eigenvalue weighted by Crippen LogP contribution is 2.27. The molecule has 2 rings (SSSR count). The number of nitrogens with two attached hydrogens (primary N) is 1. The van der Waals surface area contributed by atoms with Gasteiger partial charge in [-0.15, -0.1) is 0 Å². The fraction of sp³-hybridized carbons (Fsp3) is 0.500. The Kier molecular flexibility index (Phi) is 3.58. The Balaban J connectivity index is 2.39. The molecule has 2 amide bonds. The van der Waals surface area contributed by atoms with Crippen LogP contribution in [0.2, 0.25) is 0 Å². The number of carbonyl (C=O) groups excluding carboxylic acids is 1. The summed E-state index contributed by atoms with van der Waals surface area (Å²) in [5, 5.41) is 11.2. The van der Waals surface area contributed by atoms with Crippen LogP contribution in [-0.4, -0.2) is 51.3 Å². The number of carbonyl (C=O) groups is 2. The van der Waals surface area contributed by atoms with E-state index in [1.807, 2.05) is 0 Å². The topological polar surface area (TPSA) is 131 Å². The van der Waals surface area contributed by atoms with Crippen LogP contribution in [0.15, 0.2) is 0 Å². The summed E-state index contributed by atoms with van der Waals surface area (Å²) in [7, 11) is 1.41. The smallest absolute Gasteiger partial charge is 0.406 e. The van der Waals surface area contributed by atoms with Crippen LogP contribution < -0.4 is 15.8 Å². The first-order valence-electron chi connectivity index (χ1n) is 6.29. The number of hydrogen-bond donors (Lipinski definition) is 3. The first-order chi connectivity index (χ1) is 9.76. The maximum atomic E-state index is 12.6. The van der Waals surface area contributed by atoms with E-state index in [1.165, 1.54) is 12.0 Å². The van der Waals surface area contributed by atoms with E-state index in [0.717, 1.165) is 0 Å². The van der Waals surface area contributed by atoms with Gasteiger partial charge in [-0.3, -0.25) is 10.1 Å². The molecule has 21 heavy (non-hydrogen) atoms. The number of fused-ring (bicyclic) bond motifs is 1. The first-order valence-corrected chi connectivity index (χ1v) is 6.29. The van der Waals surface area contributed by atoms with Crippen molar-refractivity contribution in [1.29, 1.82) is 0 Å². The van der Waals surface area contributed by atoms with E-state index >= 15 is 0 Å². The zero-order valence-electron chi connectivity index (χ0n) is 12.0. The number of rotatable bonds is 3. The molecule has 114 valence electrons. The molecule has 9 heteroatoms. The summed E-state index contributed by atoms with van der Waals surface area (Å²) in [4.78, 5) is 32.8. The number of carboxylic acid groups (broad SMARTS) is 1. The highest BCUT2D eigenvalue weighted by molar-refractivity contribution is 6.00. The molecule has 1 aromatic heterocycles. The van der Waals surface area contributed by atoms with Crippen LogP contribution in [0.25, 0.3) is 0 Å². The molecule has 0 fully saturated rings. The molecule has 0 saturated carbocycles. The maximum Gasteiger partial charge on any atom is 0.406 e. The van der Waals surface area contributed by atoms with E-state index in [2.05, 4.69) is 15.3 Å². The number of hydrogen-bond acceptors (Lipinski definition) is 6. The van der Waals surface area contributed by atoms with Crippen LogP contribution >= 0.6 is 0 Å². The van der Waals surface area contributed by atoms with Gasteiger partial charge in [-0.1, -0.05) is 0 Å². The summed E-state index contributed by atoms with van der Waals surface area (Å²) in [6.45, 7) is 3.52. The van der Waals surface area contributed by atoms with Gasteiger partial charge in [0.15, 0.2) is 0 Å². The minimum atomic E-state index is -1.21. The van der Waals surface area contributed by atoms with Gasteiger partial charge < -0.3 is 20.5 Å². The number of nitrogen functional groups attached to an aromatic ring is 1. The Morgan fingerprint density at radius 2 is 2.14 bits per heavy atom. The van der Waals surface area contributed by atoms with Crippen molar-refractivity contribution in [2.24, 2.45) is 0 Å². The second kappa shape index (κ2) is 5.08. The summed E-state index contributed by atoms with van der Waals surface area (Å²) in [5.41, 5.74) is 5.44. The Morgan fingerprint density at radius 1 is 1.48 bits per heavy atom. The number of amides is 2. The summed E-state index contributed by atoms with van der Waals surface area (Å²) in [6, 6.07) is 0.107. The quantitative estimate of drug-likeness (QED) is 0.719. The van der Waals surface area contributed by atoms with Crippen molar-refractivity contribution in [2.45, 2.75) is 25.9 Å². The van der Waals surface area contributed by atoms with E-state index in [1.54, 1.807) is 13.8 Å². The van der Waals surface area contributed by atoms with Crippen LogP contribution in [0.1, 0.15) is 29.9 Å². The van der Waals surface area contributed by atoms with Crippen LogP contribution in [0.5, 0.6) is 6.01 Å². The average molecular weight is 295 g/mol. The van der Waals surface area contributed by atoms with Crippen molar-refractivity contribution in [2.75, 3.05) is 19.4 Å². The highest BCUT2D eigenvalue weighted by atomic mass is 16.5. The Hall–Kier alpha value is -2.58. The van der Waals surface area contributed by atoms with Gasteiger partial charge in [0.05, 0.1) is 12.8 Å². The molecule has 1 aromatic rings. The van der Waals surface area contributed by atoms with Crippen LogP contribution in [0.3, 0.4) is 0 Å². The monoisotopic (exact) mass is 295 g/mol. The molecule has 0 saturated heterocycles. The van der Waals surface area contributed by atoms with Crippen molar-refractivity contribution >= 4 is 17.8 Å². The molecular weight excluding hydrogens is 278 g/mol. The van der Waals surface area contributed by atoms with Crippen molar-refractivity contribution in [3.63, 3.8) is 0 Å². The second-order valence-corrected chi connectivity index (χ2v) is 5.11. The Labute approximate surface area is 121 Å². The lowest BCUT2D eigenvalue weighted by atomic mass is 10.0. The van der Waals surface area contributed by atoms with Gasteiger partial charge in [0.25, 0.3) is 5.91 Å². The van der Waals surface area contributed by atoms with Gasteiger partial charge in [-0.2, -0.15) is 9.97 Å². The van der Waals surface area contributed by atoms with E-state index < -0.39 is 17.7 Å². The van der Waals surface area contributed by atoms with Crippen molar-refractivity contribution in [1.82, 2.24) is 20.2 Å². The van der Waals surface area contributed by atoms with Crippen molar-refractivity contribution in [3.05, 3.63) is 11.3 Å². The highest BCUT2D eigenvalue weighted by Gasteiger charge is 2.38. The fourth-order valence-corrected chi connectivity index (χ4v) is 2.33. The summed E-state index contributed by atoms with van der Waals surface area (Å²) in [5.74, 6) is -0.382. The number of methoxy groups -OCH3 is 1. The minimum Gasteiger partial charge on any atom is -0.467 e. The van der Waals surface area contributed by atoms with Gasteiger partial charge in [-0.25, -0.2) is 4.79 Å². The number of aromatic nitrogens is 2. The lowest BCUT2D eigenvalue weighted by Crippen LogP contribution is -2.60. The standard InChI is InChI=1S/C12H17N5O4/c1-12(2,16-11(19)20)17-5-4-6-7(9(17)18)8(13)15-10(14-6)21-3/h16H,4-5H2,1-3H3,(H,19,20)(H2,13,14,15). The van der Waals surface area contributed by atoms with Crippen molar-refractivity contribution < 1.29 is 19.4 Å². The summed E-state index contributed by atoms with van der Waals surface area (Å²) >= 11 is 0. The maximum absolute atomic E-state index is 12.6. The first kappa shape index (κ1) is 14.8. The molecule has 9 nitrogen and oxygen atoms in total. The molecule has 1 aliphatic heterocycles. The number of ether oxygens (including phenoxy) is 1. The Morgan fingerprint density at radius 3 is 2.71 bits per heavy atom. The van der Waals surface area contributed by atoms with Gasteiger partial charge in [0, 0.05) is 13.0 Å². The van der Waals surface area contributed by atoms with Crippen LogP contribution in [0, 0.1) is 0 Å². The minimum absolute atomic E-state index is 0.0256. The summed E-state index contributed by atoms with van der Waals surface area (Å²) in [6.07, 6.45) is -0.771. The van der Waals surface area contributed by atoms with Gasteiger partial charge in [0.2, 0.25) is 0 Å². The van der Waals surface area contributed by atoms with Crippen molar-refractivity contribution in [3.8, 4) is 6.01 Å². The molecular formula is C12H17N5O4. The average Bonchev–Trinajstić information content (AvgIpc) is 2.36. The SMILES string of the molecule is COc1nc(N)c2c(n1)CCN(C(C)(C)NC(=O)O)C2=O. The third-order valence-corrected chi connectivity index (χ3v) is 3.29. The zero-order chi connectivity index (χ0) is 15.8. The largest absolute Gasteiger partial charge is 0.467 e. The van der Waals surface area contributed by atoms with Crippen LogP contribution in [-0.2, 0) is 6.42 Å². The normalized spacial score (nSPS) is 14.6. The van der Waals surface area contributed by atoms with Crippen LogP contribution in [0.4, 0.5) is 10.6 Å².